The monoisotopic (exact) mass is 327 g/mol. The summed E-state index contributed by atoms with van der Waals surface area (Å²) in [4.78, 5) is 17.0. The van der Waals surface area contributed by atoms with Gasteiger partial charge in [-0.25, -0.2) is 0 Å². The number of hydrogen-bond donors (Lipinski definition) is 1. The summed E-state index contributed by atoms with van der Waals surface area (Å²) in [6.07, 6.45) is 2.84. The molecule has 1 aliphatic carbocycles. The van der Waals surface area contributed by atoms with Crippen molar-refractivity contribution in [3.05, 3.63) is 47.6 Å². The molecule has 1 atom stereocenters. The summed E-state index contributed by atoms with van der Waals surface area (Å²) in [5, 5.41) is 7.03. The van der Waals surface area contributed by atoms with Gasteiger partial charge in [-0.1, -0.05) is 56.3 Å². The number of nitrogens with zero attached hydrogens (tertiary/aromatic N) is 2. The topological polar surface area (TPSA) is 68.0 Å². The molecule has 24 heavy (non-hydrogen) atoms. The van der Waals surface area contributed by atoms with E-state index in [0.29, 0.717) is 30.6 Å². The van der Waals surface area contributed by atoms with Crippen molar-refractivity contribution in [1.29, 1.82) is 0 Å². The maximum atomic E-state index is 12.6. The first-order chi connectivity index (χ1) is 11.4. The molecule has 1 N–H and O–H groups in total. The third-order valence-electron chi connectivity index (χ3n) is 4.29. The quantitative estimate of drug-likeness (QED) is 0.884. The first-order valence-corrected chi connectivity index (χ1v) is 8.61. The van der Waals surface area contributed by atoms with Crippen LogP contribution in [-0.2, 0) is 16.6 Å². The van der Waals surface area contributed by atoms with Crippen molar-refractivity contribution < 1.29 is 9.32 Å². The third-order valence-corrected chi connectivity index (χ3v) is 4.29. The van der Waals surface area contributed by atoms with Crippen LogP contribution in [0.4, 0.5) is 0 Å². The molecule has 128 valence electrons. The molecule has 0 spiro atoms. The summed E-state index contributed by atoms with van der Waals surface area (Å²) in [7, 11) is 0. The highest BCUT2D eigenvalue weighted by Gasteiger charge is 2.37. The van der Waals surface area contributed by atoms with Crippen LogP contribution in [0.15, 0.2) is 34.9 Å². The van der Waals surface area contributed by atoms with Crippen molar-refractivity contribution in [3.8, 4) is 0 Å². The Hall–Kier alpha value is -2.17. The Balaban J connectivity index is 1.56. The second kappa shape index (κ2) is 6.75. The van der Waals surface area contributed by atoms with Crippen molar-refractivity contribution in [1.82, 2.24) is 15.5 Å². The lowest BCUT2D eigenvalue weighted by Crippen LogP contribution is -2.32. The van der Waals surface area contributed by atoms with Crippen molar-refractivity contribution in [3.63, 3.8) is 0 Å². The van der Waals surface area contributed by atoms with E-state index in [9.17, 15) is 4.79 Å². The van der Waals surface area contributed by atoms with Crippen molar-refractivity contribution in [2.45, 2.75) is 51.4 Å². The third kappa shape index (κ3) is 4.02. The van der Waals surface area contributed by atoms with Gasteiger partial charge in [0.15, 0.2) is 5.82 Å². The molecule has 0 aliphatic heterocycles. The lowest BCUT2D eigenvalue weighted by atomic mass is 9.93. The van der Waals surface area contributed by atoms with E-state index in [0.717, 1.165) is 18.4 Å². The van der Waals surface area contributed by atoms with Gasteiger partial charge in [-0.3, -0.25) is 4.79 Å². The van der Waals surface area contributed by atoms with Crippen LogP contribution < -0.4 is 5.32 Å². The van der Waals surface area contributed by atoms with Gasteiger partial charge in [0.05, 0.1) is 5.92 Å². The van der Waals surface area contributed by atoms with Gasteiger partial charge in [0, 0.05) is 18.4 Å². The van der Waals surface area contributed by atoms with Crippen LogP contribution in [0.1, 0.15) is 56.8 Å². The van der Waals surface area contributed by atoms with E-state index in [-0.39, 0.29) is 17.2 Å². The molecular formula is C19H25N3O2. The van der Waals surface area contributed by atoms with E-state index in [4.69, 9.17) is 4.52 Å². The standard InChI is InChI=1S/C19H25N3O2/c1-19(2,3)18-21-15(22-24-18)11-12-20-17(23)16(14-9-10-14)13-7-5-4-6-8-13/h4-8,14,16H,9-12H2,1-3H3,(H,20,23). The normalized spacial score (nSPS) is 16.0. The summed E-state index contributed by atoms with van der Waals surface area (Å²) in [6.45, 7) is 6.63. The number of hydrogen-bond acceptors (Lipinski definition) is 4. The van der Waals surface area contributed by atoms with Crippen LogP contribution in [0.3, 0.4) is 0 Å². The van der Waals surface area contributed by atoms with Gasteiger partial charge in [-0.2, -0.15) is 4.98 Å². The second-order valence-electron chi connectivity index (χ2n) is 7.53. The zero-order valence-electron chi connectivity index (χ0n) is 14.6. The fourth-order valence-electron chi connectivity index (χ4n) is 2.80. The van der Waals surface area contributed by atoms with Gasteiger partial charge in [0.1, 0.15) is 0 Å². The fraction of sp³-hybridized carbons (Fsp3) is 0.526. The first kappa shape index (κ1) is 16.7. The molecule has 2 aromatic rings. The summed E-state index contributed by atoms with van der Waals surface area (Å²) in [6, 6.07) is 10.0. The van der Waals surface area contributed by atoms with Crippen LogP contribution in [0.5, 0.6) is 0 Å². The number of rotatable bonds is 6. The number of amides is 1. The molecule has 1 aromatic carbocycles. The Labute approximate surface area is 142 Å². The maximum absolute atomic E-state index is 12.6. The molecule has 1 fully saturated rings. The SMILES string of the molecule is CC(C)(C)c1nc(CCNC(=O)C(c2ccccc2)C2CC2)no1. The molecule has 1 aromatic heterocycles. The van der Waals surface area contributed by atoms with E-state index >= 15 is 0 Å². The van der Waals surface area contributed by atoms with Crippen LogP contribution in [0.25, 0.3) is 0 Å². The van der Waals surface area contributed by atoms with E-state index in [2.05, 4.69) is 15.5 Å². The van der Waals surface area contributed by atoms with Gasteiger partial charge in [-0.05, 0) is 24.3 Å². The zero-order valence-corrected chi connectivity index (χ0v) is 14.6. The van der Waals surface area contributed by atoms with Crippen LogP contribution in [0, 0.1) is 5.92 Å². The lowest BCUT2D eigenvalue weighted by Gasteiger charge is -2.16. The van der Waals surface area contributed by atoms with Crippen LogP contribution in [0.2, 0.25) is 0 Å². The molecule has 0 radical (unpaired) electrons. The minimum Gasteiger partial charge on any atom is -0.355 e. The highest BCUT2D eigenvalue weighted by molar-refractivity contribution is 5.84. The van der Waals surface area contributed by atoms with E-state index in [1.165, 1.54) is 0 Å². The molecule has 5 heteroatoms. The van der Waals surface area contributed by atoms with Crippen LogP contribution >= 0.6 is 0 Å². The molecular weight excluding hydrogens is 302 g/mol. The second-order valence-corrected chi connectivity index (χ2v) is 7.53. The summed E-state index contributed by atoms with van der Waals surface area (Å²) in [5.41, 5.74) is 0.950. The Bertz CT molecular complexity index is 684. The molecule has 1 saturated carbocycles. The number of carbonyl (C=O) groups excluding carboxylic acids is 1. The minimum absolute atomic E-state index is 0.0402. The Kier molecular flexibility index (Phi) is 4.69. The predicted molar refractivity (Wildman–Crippen MR) is 91.6 cm³/mol. The van der Waals surface area contributed by atoms with Crippen molar-refractivity contribution in [2.75, 3.05) is 6.54 Å². The van der Waals surface area contributed by atoms with Gasteiger partial charge in [0.2, 0.25) is 11.8 Å². The van der Waals surface area contributed by atoms with E-state index in [1.54, 1.807) is 0 Å². The largest absolute Gasteiger partial charge is 0.355 e. The lowest BCUT2D eigenvalue weighted by molar-refractivity contribution is -0.123. The molecule has 0 bridgehead atoms. The molecule has 0 saturated heterocycles. The van der Waals surface area contributed by atoms with Gasteiger partial charge in [-0.15, -0.1) is 0 Å². The molecule has 3 rings (SSSR count). The first-order valence-electron chi connectivity index (χ1n) is 8.61. The molecule has 1 unspecified atom stereocenters. The minimum atomic E-state index is -0.154. The molecule has 1 aliphatic rings. The smallest absolute Gasteiger partial charge is 0.232 e. The maximum Gasteiger partial charge on any atom is 0.232 e. The van der Waals surface area contributed by atoms with Crippen LogP contribution in [-0.4, -0.2) is 22.6 Å². The highest BCUT2D eigenvalue weighted by Crippen LogP contribution is 2.42. The average molecular weight is 327 g/mol. The highest BCUT2D eigenvalue weighted by atomic mass is 16.5. The van der Waals surface area contributed by atoms with E-state index < -0.39 is 0 Å². The van der Waals surface area contributed by atoms with Crippen molar-refractivity contribution >= 4 is 5.91 Å². The number of nitrogens with one attached hydrogen (secondary N) is 1. The average Bonchev–Trinajstić information content (AvgIpc) is 3.24. The molecule has 1 amide bonds. The Morgan fingerprint density at radius 3 is 2.58 bits per heavy atom. The Morgan fingerprint density at radius 2 is 2.00 bits per heavy atom. The number of aromatic nitrogens is 2. The summed E-state index contributed by atoms with van der Waals surface area (Å²) >= 11 is 0. The zero-order chi connectivity index (χ0) is 17.2. The van der Waals surface area contributed by atoms with E-state index in [1.807, 2.05) is 51.1 Å². The molecule has 1 heterocycles. The number of benzene rings is 1. The van der Waals surface area contributed by atoms with Gasteiger partial charge in [0.25, 0.3) is 0 Å². The Morgan fingerprint density at radius 1 is 1.29 bits per heavy atom. The molecule has 5 nitrogen and oxygen atoms in total. The predicted octanol–water partition coefficient (Wildman–Crippen LogP) is 3.22. The number of carbonyl (C=O) groups is 1. The van der Waals surface area contributed by atoms with Crippen molar-refractivity contribution in [2.24, 2.45) is 5.92 Å². The van der Waals surface area contributed by atoms with Gasteiger partial charge < -0.3 is 9.84 Å². The summed E-state index contributed by atoms with van der Waals surface area (Å²) < 4.78 is 5.28. The van der Waals surface area contributed by atoms with Gasteiger partial charge >= 0.3 is 0 Å². The fourth-order valence-corrected chi connectivity index (χ4v) is 2.80. The summed E-state index contributed by atoms with van der Waals surface area (Å²) in [5.74, 6) is 1.81.